The molecule has 0 saturated heterocycles. The van der Waals surface area contributed by atoms with Crippen LogP contribution in [0.2, 0.25) is 0 Å². The molecule has 0 fully saturated rings. The number of rotatable bonds is 3. The Hall–Kier alpha value is -0.830. The Morgan fingerprint density at radius 3 is 2.83 bits per heavy atom. The summed E-state index contributed by atoms with van der Waals surface area (Å²) in [6.07, 6.45) is 0. The number of benzene rings is 1. The summed E-state index contributed by atoms with van der Waals surface area (Å²) in [6.45, 7) is 2.05. The smallest absolute Gasteiger partial charge is 0.129 e. The lowest BCUT2D eigenvalue weighted by atomic mass is 10.3. The average Bonchev–Trinajstić information content (AvgIpc) is 2.09. The fourth-order valence-corrected chi connectivity index (χ4v) is 1.62. The van der Waals surface area contributed by atoms with Crippen LogP contribution in [0.4, 0.5) is 0 Å². The van der Waals surface area contributed by atoms with Gasteiger partial charge in [0.05, 0.1) is 12.0 Å². The van der Waals surface area contributed by atoms with E-state index >= 15 is 0 Å². The van der Waals surface area contributed by atoms with E-state index in [2.05, 4.69) is 0 Å². The van der Waals surface area contributed by atoms with Gasteiger partial charge in [0.25, 0.3) is 0 Å². The van der Waals surface area contributed by atoms with Crippen molar-refractivity contribution < 1.29 is 9.84 Å². The van der Waals surface area contributed by atoms with E-state index in [0.717, 1.165) is 16.4 Å². The second-order valence-corrected chi connectivity index (χ2v) is 3.57. The first kappa shape index (κ1) is 9.26. The van der Waals surface area contributed by atoms with Gasteiger partial charge >= 0.3 is 0 Å². The summed E-state index contributed by atoms with van der Waals surface area (Å²) in [5.74, 6) is 2.05. The number of hydrogen-bond donors (Lipinski definition) is 1. The minimum Gasteiger partial charge on any atom is -0.507 e. The van der Waals surface area contributed by atoms with Gasteiger partial charge < -0.3 is 9.84 Å². The Balaban J connectivity index is 2.91. The fourth-order valence-electron chi connectivity index (χ4n) is 0.893. The number of hydrogen-bond acceptors (Lipinski definition) is 3. The highest BCUT2D eigenvalue weighted by Gasteiger charge is 2.01. The average molecular weight is 184 g/mol. The molecule has 3 heteroatoms. The van der Waals surface area contributed by atoms with E-state index in [4.69, 9.17) is 4.74 Å². The molecule has 0 saturated carbocycles. The SMILES string of the molecule is CCSc1cc(OC)ccc1O. The van der Waals surface area contributed by atoms with Gasteiger partial charge in [0.2, 0.25) is 0 Å². The van der Waals surface area contributed by atoms with Crippen LogP contribution in [0.1, 0.15) is 6.92 Å². The summed E-state index contributed by atoms with van der Waals surface area (Å²) >= 11 is 1.60. The molecular weight excluding hydrogens is 172 g/mol. The normalized spacial score (nSPS) is 9.83. The molecule has 0 amide bonds. The monoisotopic (exact) mass is 184 g/mol. The molecule has 1 rings (SSSR count). The highest BCUT2D eigenvalue weighted by atomic mass is 32.2. The van der Waals surface area contributed by atoms with E-state index in [-0.39, 0.29) is 0 Å². The summed E-state index contributed by atoms with van der Waals surface area (Å²) in [7, 11) is 1.62. The summed E-state index contributed by atoms with van der Waals surface area (Å²) in [6, 6.07) is 5.23. The highest BCUT2D eigenvalue weighted by Crippen LogP contribution is 2.31. The van der Waals surface area contributed by atoms with Crippen molar-refractivity contribution >= 4 is 11.8 Å². The van der Waals surface area contributed by atoms with Gasteiger partial charge in [-0.2, -0.15) is 0 Å². The molecule has 1 N–H and O–H groups in total. The maximum atomic E-state index is 9.39. The summed E-state index contributed by atoms with van der Waals surface area (Å²) in [5, 5.41) is 9.39. The van der Waals surface area contributed by atoms with Gasteiger partial charge in [0.15, 0.2) is 0 Å². The second-order valence-electron chi connectivity index (χ2n) is 2.27. The molecule has 0 aliphatic heterocycles. The predicted octanol–water partition coefficient (Wildman–Crippen LogP) is 2.51. The standard InChI is InChI=1S/C9H12O2S/c1-3-12-9-6-7(11-2)4-5-8(9)10/h4-6,10H,3H2,1-2H3. The first-order chi connectivity index (χ1) is 5.77. The van der Waals surface area contributed by atoms with Crippen LogP contribution in [-0.2, 0) is 0 Å². The van der Waals surface area contributed by atoms with Gasteiger partial charge in [-0.1, -0.05) is 6.92 Å². The molecule has 0 unspecified atom stereocenters. The molecule has 0 radical (unpaired) electrons. The molecule has 1 aromatic rings. The third-order valence-electron chi connectivity index (χ3n) is 1.47. The van der Waals surface area contributed by atoms with Gasteiger partial charge in [-0.05, 0) is 24.0 Å². The summed E-state index contributed by atoms with van der Waals surface area (Å²) in [5.41, 5.74) is 0. The van der Waals surface area contributed by atoms with Crippen molar-refractivity contribution in [2.75, 3.05) is 12.9 Å². The van der Waals surface area contributed by atoms with E-state index < -0.39 is 0 Å². The maximum Gasteiger partial charge on any atom is 0.129 e. The molecule has 1 aromatic carbocycles. The molecule has 0 aromatic heterocycles. The Morgan fingerprint density at radius 1 is 1.50 bits per heavy atom. The van der Waals surface area contributed by atoms with Gasteiger partial charge in [0.1, 0.15) is 11.5 Å². The van der Waals surface area contributed by atoms with E-state index in [1.807, 2.05) is 13.0 Å². The molecule has 0 atom stereocenters. The van der Waals surface area contributed by atoms with Crippen LogP contribution in [0, 0.1) is 0 Å². The molecule has 0 spiro atoms. The Kier molecular flexibility index (Phi) is 3.29. The van der Waals surface area contributed by atoms with Crippen LogP contribution in [0.5, 0.6) is 11.5 Å². The van der Waals surface area contributed by atoms with Gasteiger partial charge in [-0.15, -0.1) is 11.8 Å². The number of ether oxygens (including phenoxy) is 1. The number of methoxy groups -OCH3 is 1. The van der Waals surface area contributed by atoms with Crippen LogP contribution in [0.25, 0.3) is 0 Å². The topological polar surface area (TPSA) is 29.5 Å². The minimum absolute atomic E-state index is 0.322. The second kappa shape index (κ2) is 4.26. The Morgan fingerprint density at radius 2 is 2.25 bits per heavy atom. The zero-order valence-corrected chi connectivity index (χ0v) is 8.02. The van der Waals surface area contributed by atoms with E-state index in [0.29, 0.717) is 5.75 Å². The lowest BCUT2D eigenvalue weighted by Gasteiger charge is -2.04. The number of thioether (sulfide) groups is 1. The van der Waals surface area contributed by atoms with Crippen molar-refractivity contribution in [2.45, 2.75) is 11.8 Å². The highest BCUT2D eigenvalue weighted by molar-refractivity contribution is 7.99. The predicted molar refractivity (Wildman–Crippen MR) is 51.1 cm³/mol. The van der Waals surface area contributed by atoms with Crippen molar-refractivity contribution in [3.8, 4) is 11.5 Å². The quantitative estimate of drug-likeness (QED) is 0.732. The number of aromatic hydroxyl groups is 1. The third kappa shape index (κ3) is 2.08. The van der Waals surface area contributed by atoms with Crippen molar-refractivity contribution in [1.29, 1.82) is 0 Å². The van der Waals surface area contributed by atoms with Gasteiger partial charge in [-0.25, -0.2) is 0 Å². The molecule has 66 valence electrons. The largest absolute Gasteiger partial charge is 0.507 e. The molecule has 0 aliphatic rings. The van der Waals surface area contributed by atoms with E-state index in [9.17, 15) is 5.11 Å². The molecule has 0 heterocycles. The first-order valence-electron chi connectivity index (χ1n) is 3.77. The van der Waals surface area contributed by atoms with Gasteiger partial charge in [-0.3, -0.25) is 0 Å². The minimum atomic E-state index is 0.322. The lowest BCUT2D eigenvalue weighted by molar-refractivity contribution is 0.409. The first-order valence-corrected chi connectivity index (χ1v) is 4.76. The maximum absolute atomic E-state index is 9.39. The van der Waals surface area contributed by atoms with E-state index in [1.165, 1.54) is 0 Å². The molecule has 12 heavy (non-hydrogen) atoms. The third-order valence-corrected chi connectivity index (χ3v) is 2.39. The van der Waals surface area contributed by atoms with Crippen molar-refractivity contribution in [1.82, 2.24) is 0 Å². The summed E-state index contributed by atoms with van der Waals surface area (Å²) < 4.78 is 5.03. The molecule has 0 bridgehead atoms. The van der Waals surface area contributed by atoms with Crippen molar-refractivity contribution in [3.05, 3.63) is 18.2 Å². The van der Waals surface area contributed by atoms with Crippen molar-refractivity contribution in [3.63, 3.8) is 0 Å². The Labute approximate surface area is 76.6 Å². The van der Waals surface area contributed by atoms with Crippen LogP contribution >= 0.6 is 11.8 Å². The zero-order valence-electron chi connectivity index (χ0n) is 7.20. The van der Waals surface area contributed by atoms with Crippen LogP contribution in [-0.4, -0.2) is 18.0 Å². The van der Waals surface area contributed by atoms with Crippen molar-refractivity contribution in [2.24, 2.45) is 0 Å². The molecular formula is C9H12O2S. The Bertz CT molecular complexity index is 261. The number of phenols is 1. The van der Waals surface area contributed by atoms with E-state index in [1.54, 1.807) is 31.0 Å². The number of phenolic OH excluding ortho intramolecular Hbond substituents is 1. The summed E-state index contributed by atoms with van der Waals surface area (Å²) in [4.78, 5) is 0.872. The van der Waals surface area contributed by atoms with Crippen LogP contribution in [0.15, 0.2) is 23.1 Å². The van der Waals surface area contributed by atoms with Gasteiger partial charge in [0, 0.05) is 0 Å². The van der Waals surface area contributed by atoms with Crippen LogP contribution in [0.3, 0.4) is 0 Å². The molecule has 0 aliphatic carbocycles. The lowest BCUT2D eigenvalue weighted by Crippen LogP contribution is -1.83. The fraction of sp³-hybridized carbons (Fsp3) is 0.333. The zero-order chi connectivity index (χ0) is 8.97. The molecule has 2 nitrogen and oxygen atoms in total. The van der Waals surface area contributed by atoms with Crippen LogP contribution < -0.4 is 4.74 Å².